The molecular formula is C21H21NO5. The summed E-state index contributed by atoms with van der Waals surface area (Å²) in [6.45, 7) is 0.400. The second-order valence-electron chi connectivity index (χ2n) is 6.90. The largest absolute Gasteiger partial charge is 0.480 e. The number of hydrogen-bond donors (Lipinski definition) is 1. The van der Waals surface area contributed by atoms with Crippen molar-refractivity contribution in [2.24, 2.45) is 0 Å². The second kappa shape index (κ2) is 7.04. The lowest BCUT2D eigenvalue weighted by Crippen LogP contribution is -2.41. The number of carbonyl (C=O) groups excluding carboxylic acids is 1. The first-order valence-electron chi connectivity index (χ1n) is 8.97. The number of fused-ring (bicyclic) bond motifs is 3. The number of carbonyl (C=O) groups is 2. The Morgan fingerprint density at radius 3 is 2.22 bits per heavy atom. The molecule has 1 aliphatic heterocycles. The summed E-state index contributed by atoms with van der Waals surface area (Å²) in [6.07, 6.45) is -0.619. The van der Waals surface area contributed by atoms with Crippen molar-refractivity contribution >= 4 is 12.1 Å². The fourth-order valence-electron chi connectivity index (χ4n) is 4.08. The summed E-state index contributed by atoms with van der Waals surface area (Å²) in [5, 5.41) is 9.38. The Bertz CT molecular complexity index is 835. The molecule has 1 N–H and O–H groups in total. The fraction of sp³-hybridized carbons (Fsp3) is 0.333. The van der Waals surface area contributed by atoms with Crippen LogP contribution in [0.5, 0.6) is 0 Å². The molecule has 0 unspecified atom stereocenters. The van der Waals surface area contributed by atoms with Crippen molar-refractivity contribution in [3.05, 3.63) is 59.7 Å². The van der Waals surface area contributed by atoms with E-state index in [-0.39, 0.29) is 31.6 Å². The molecule has 1 fully saturated rings. The predicted octanol–water partition coefficient (Wildman–Crippen LogP) is 3.11. The molecule has 6 nitrogen and oxygen atoms in total. The third kappa shape index (κ3) is 3.06. The fourth-order valence-corrected chi connectivity index (χ4v) is 4.08. The monoisotopic (exact) mass is 367 g/mol. The maximum Gasteiger partial charge on any atom is 0.410 e. The Hall–Kier alpha value is -2.86. The molecule has 0 radical (unpaired) electrons. The Balaban J connectivity index is 1.52. The van der Waals surface area contributed by atoms with Gasteiger partial charge in [0.15, 0.2) is 0 Å². The molecule has 2 atom stereocenters. The van der Waals surface area contributed by atoms with Gasteiger partial charge in [0.25, 0.3) is 0 Å². The van der Waals surface area contributed by atoms with Gasteiger partial charge in [-0.25, -0.2) is 9.59 Å². The minimum absolute atomic E-state index is 0.0505. The van der Waals surface area contributed by atoms with E-state index < -0.39 is 18.1 Å². The number of methoxy groups -OCH3 is 1. The van der Waals surface area contributed by atoms with Crippen molar-refractivity contribution in [1.82, 2.24) is 4.90 Å². The molecule has 6 heteroatoms. The van der Waals surface area contributed by atoms with Gasteiger partial charge >= 0.3 is 12.1 Å². The van der Waals surface area contributed by atoms with Crippen LogP contribution >= 0.6 is 0 Å². The molecule has 0 bridgehead atoms. The van der Waals surface area contributed by atoms with E-state index in [1.165, 1.54) is 12.0 Å². The molecule has 140 valence electrons. The first-order chi connectivity index (χ1) is 13.1. The number of benzene rings is 2. The third-order valence-corrected chi connectivity index (χ3v) is 5.45. The maximum atomic E-state index is 12.6. The highest BCUT2D eigenvalue weighted by Gasteiger charge is 2.41. The van der Waals surface area contributed by atoms with Crippen LogP contribution in [0.25, 0.3) is 11.1 Å². The summed E-state index contributed by atoms with van der Waals surface area (Å²) in [6, 6.07) is 15.3. The van der Waals surface area contributed by atoms with Crippen LogP contribution in [-0.2, 0) is 14.3 Å². The van der Waals surface area contributed by atoms with Crippen LogP contribution in [0.4, 0.5) is 4.79 Å². The zero-order chi connectivity index (χ0) is 19.0. The molecule has 0 saturated carbocycles. The van der Waals surface area contributed by atoms with Crippen molar-refractivity contribution in [3.8, 4) is 11.1 Å². The van der Waals surface area contributed by atoms with Gasteiger partial charge in [-0.2, -0.15) is 0 Å². The quantitative estimate of drug-likeness (QED) is 0.899. The SMILES string of the molecule is CO[C@H]1C[C@@H](C(=O)O)N(C(=O)OCC2c3ccccc3-c3ccccc32)C1. The molecule has 0 aromatic heterocycles. The molecule has 1 heterocycles. The average Bonchev–Trinajstić information content (AvgIpc) is 3.26. The topological polar surface area (TPSA) is 76.1 Å². The van der Waals surface area contributed by atoms with E-state index in [0.29, 0.717) is 0 Å². The van der Waals surface area contributed by atoms with Crippen LogP contribution in [0.3, 0.4) is 0 Å². The van der Waals surface area contributed by atoms with E-state index in [1.54, 1.807) is 0 Å². The molecule has 4 rings (SSSR count). The van der Waals surface area contributed by atoms with E-state index in [0.717, 1.165) is 22.3 Å². The maximum absolute atomic E-state index is 12.6. The number of hydrogen-bond acceptors (Lipinski definition) is 4. The lowest BCUT2D eigenvalue weighted by atomic mass is 9.98. The van der Waals surface area contributed by atoms with E-state index in [9.17, 15) is 14.7 Å². The predicted molar refractivity (Wildman–Crippen MR) is 98.6 cm³/mol. The van der Waals surface area contributed by atoms with Crippen LogP contribution in [0.1, 0.15) is 23.5 Å². The third-order valence-electron chi connectivity index (χ3n) is 5.45. The van der Waals surface area contributed by atoms with Crippen LogP contribution in [-0.4, -0.2) is 54.5 Å². The summed E-state index contributed by atoms with van der Waals surface area (Å²) in [7, 11) is 1.52. The molecule has 2 aromatic carbocycles. The molecule has 1 aliphatic carbocycles. The lowest BCUT2D eigenvalue weighted by Gasteiger charge is -2.22. The summed E-state index contributed by atoms with van der Waals surface area (Å²) < 4.78 is 10.8. The standard InChI is InChI=1S/C21H21NO5/c1-26-13-10-19(20(23)24)22(11-13)21(25)27-12-18-16-8-4-2-6-14(16)15-7-3-5-9-17(15)18/h2-9,13,18-19H,10-12H2,1H3,(H,23,24)/t13-,19-/m0/s1. The number of nitrogens with zero attached hydrogens (tertiary/aromatic N) is 1. The Kier molecular flexibility index (Phi) is 4.58. The van der Waals surface area contributed by atoms with Gasteiger partial charge < -0.3 is 14.6 Å². The van der Waals surface area contributed by atoms with Crippen LogP contribution in [0.2, 0.25) is 0 Å². The summed E-state index contributed by atoms with van der Waals surface area (Å²) >= 11 is 0. The van der Waals surface area contributed by atoms with Gasteiger partial charge in [0, 0.05) is 19.4 Å². The van der Waals surface area contributed by atoms with E-state index >= 15 is 0 Å². The number of rotatable bonds is 4. The van der Waals surface area contributed by atoms with E-state index in [1.807, 2.05) is 36.4 Å². The molecule has 1 amide bonds. The Morgan fingerprint density at radius 1 is 1.07 bits per heavy atom. The van der Waals surface area contributed by atoms with E-state index in [4.69, 9.17) is 9.47 Å². The van der Waals surface area contributed by atoms with Gasteiger partial charge in [0.2, 0.25) is 0 Å². The van der Waals surface area contributed by atoms with E-state index in [2.05, 4.69) is 12.1 Å². The van der Waals surface area contributed by atoms with Gasteiger partial charge in [0.05, 0.1) is 12.6 Å². The van der Waals surface area contributed by atoms with Crippen molar-refractivity contribution in [1.29, 1.82) is 0 Å². The number of likely N-dealkylation sites (tertiary alicyclic amines) is 1. The number of aliphatic carboxylic acids is 1. The minimum Gasteiger partial charge on any atom is -0.480 e. The smallest absolute Gasteiger partial charge is 0.410 e. The van der Waals surface area contributed by atoms with Gasteiger partial charge in [-0.1, -0.05) is 48.5 Å². The van der Waals surface area contributed by atoms with Crippen molar-refractivity contribution in [3.63, 3.8) is 0 Å². The van der Waals surface area contributed by atoms with Gasteiger partial charge in [-0.3, -0.25) is 4.90 Å². The molecular weight excluding hydrogens is 346 g/mol. The zero-order valence-electron chi connectivity index (χ0n) is 15.0. The van der Waals surface area contributed by atoms with Crippen molar-refractivity contribution in [2.75, 3.05) is 20.3 Å². The normalized spacial score (nSPS) is 21.0. The first-order valence-corrected chi connectivity index (χ1v) is 8.97. The Morgan fingerprint density at radius 2 is 1.67 bits per heavy atom. The van der Waals surface area contributed by atoms with Gasteiger partial charge in [0.1, 0.15) is 12.6 Å². The number of amides is 1. The number of ether oxygens (including phenoxy) is 2. The van der Waals surface area contributed by atoms with Crippen LogP contribution < -0.4 is 0 Å². The van der Waals surface area contributed by atoms with Gasteiger partial charge in [-0.05, 0) is 22.3 Å². The first kappa shape index (κ1) is 17.5. The van der Waals surface area contributed by atoms with Crippen molar-refractivity contribution < 1.29 is 24.2 Å². The summed E-state index contributed by atoms with van der Waals surface area (Å²) in [5.41, 5.74) is 4.55. The lowest BCUT2D eigenvalue weighted by molar-refractivity contribution is -0.141. The number of carboxylic acid groups (broad SMARTS) is 1. The Labute approximate surface area is 157 Å². The summed E-state index contributed by atoms with van der Waals surface area (Å²) in [5.74, 6) is -1.09. The van der Waals surface area contributed by atoms with Crippen LogP contribution in [0, 0.1) is 0 Å². The molecule has 0 spiro atoms. The average molecular weight is 367 g/mol. The molecule has 2 aliphatic rings. The molecule has 2 aromatic rings. The highest BCUT2D eigenvalue weighted by molar-refractivity contribution is 5.81. The number of carboxylic acids is 1. The zero-order valence-corrected chi connectivity index (χ0v) is 15.0. The highest BCUT2D eigenvalue weighted by atomic mass is 16.6. The van der Waals surface area contributed by atoms with Gasteiger partial charge in [-0.15, -0.1) is 0 Å². The van der Waals surface area contributed by atoms with Crippen molar-refractivity contribution in [2.45, 2.75) is 24.5 Å². The summed E-state index contributed by atoms with van der Waals surface area (Å²) in [4.78, 5) is 25.3. The molecule has 1 saturated heterocycles. The second-order valence-corrected chi connectivity index (χ2v) is 6.90. The minimum atomic E-state index is -1.04. The highest BCUT2D eigenvalue weighted by Crippen LogP contribution is 2.44. The van der Waals surface area contributed by atoms with Crippen LogP contribution in [0.15, 0.2) is 48.5 Å². The molecule has 27 heavy (non-hydrogen) atoms.